The highest BCUT2D eigenvalue weighted by Crippen LogP contribution is 2.62. The molecule has 0 bridgehead atoms. The summed E-state index contributed by atoms with van der Waals surface area (Å²) in [7, 11) is 0. The van der Waals surface area contributed by atoms with Gasteiger partial charge >= 0.3 is 0 Å². The van der Waals surface area contributed by atoms with Gasteiger partial charge in [0.05, 0.1) is 5.41 Å². The Balaban J connectivity index is 1.43. The monoisotopic (exact) mass is 540 g/mol. The van der Waals surface area contributed by atoms with Gasteiger partial charge in [-0.3, -0.25) is 0 Å². The second-order valence-electron chi connectivity index (χ2n) is 12.9. The van der Waals surface area contributed by atoms with E-state index in [2.05, 4.69) is 153 Å². The van der Waals surface area contributed by atoms with Crippen LogP contribution >= 0.6 is 0 Å². The molecule has 0 heterocycles. The van der Waals surface area contributed by atoms with Crippen molar-refractivity contribution in [3.63, 3.8) is 0 Å². The van der Waals surface area contributed by atoms with Gasteiger partial charge in [0.15, 0.2) is 0 Å². The van der Waals surface area contributed by atoms with Gasteiger partial charge in [0.1, 0.15) is 0 Å². The molecule has 0 aliphatic heterocycles. The van der Waals surface area contributed by atoms with Crippen LogP contribution in [0, 0.1) is 5.92 Å². The van der Waals surface area contributed by atoms with E-state index in [0.717, 1.165) is 19.3 Å². The predicted octanol–water partition coefficient (Wildman–Crippen LogP) is 9.95. The zero-order chi connectivity index (χ0) is 28.3. The molecule has 0 amide bonds. The summed E-state index contributed by atoms with van der Waals surface area (Å²) in [6.45, 7) is 4.80. The molecule has 0 N–H and O–H groups in total. The first kappa shape index (κ1) is 25.3. The van der Waals surface area contributed by atoms with Crippen LogP contribution in [0.4, 0.5) is 0 Å². The zero-order valence-electron chi connectivity index (χ0n) is 24.5. The second-order valence-corrected chi connectivity index (χ2v) is 12.9. The van der Waals surface area contributed by atoms with Crippen LogP contribution in [-0.2, 0) is 23.7 Å². The Morgan fingerprint density at radius 3 is 1.95 bits per heavy atom. The highest BCUT2D eigenvalue weighted by molar-refractivity contribution is 5.90. The molecule has 0 aromatic heterocycles. The molecule has 3 aliphatic carbocycles. The van der Waals surface area contributed by atoms with Crippen molar-refractivity contribution in [1.82, 2.24) is 0 Å². The minimum atomic E-state index is -0.336. The molecule has 5 aromatic rings. The van der Waals surface area contributed by atoms with E-state index in [1.165, 1.54) is 61.2 Å². The van der Waals surface area contributed by atoms with E-state index in [0.29, 0.717) is 5.92 Å². The molecule has 5 aromatic carbocycles. The maximum Gasteiger partial charge on any atom is 0.0719 e. The maximum atomic E-state index is 2.51. The summed E-state index contributed by atoms with van der Waals surface area (Å²) in [6, 6.07) is 43.9. The average molecular weight is 541 g/mol. The lowest BCUT2D eigenvalue weighted by Crippen LogP contribution is -2.40. The average Bonchev–Trinajstić information content (AvgIpc) is 3.32. The topological polar surface area (TPSA) is 0 Å². The van der Waals surface area contributed by atoms with Crippen molar-refractivity contribution >= 4 is 0 Å². The normalized spacial score (nSPS) is 18.3. The van der Waals surface area contributed by atoms with Crippen LogP contribution in [0.1, 0.15) is 70.3 Å². The summed E-state index contributed by atoms with van der Waals surface area (Å²) in [5, 5.41) is 0. The Morgan fingerprint density at radius 2 is 1.26 bits per heavy atom. The first-order valence-electron chi connectivity index (χ1n) is 15.4. The molecule has 204 valence electrons. The third kappa shape index (κ3) is 3.61. The zero-order valence-corrected chi connectivity index (χ0v) is 24.5. The molecule has 0 saturated carbocycles. The minimum Gasteiger partial charge on any atom is -0.0840 e. The number of hydrogen-bond acceptors (Lipinski definition) is 0. The molecule has 3 aliphatic rings. The molecule has 0 heteroatoms. The summed E-state index contributed by atoms with van der Waals surface area (Å²) in [4.78, 5) is 0. The van der Waals surface area contributed by atoms with Crippen molar-refractivity contribution in [1.29, 1.82) is 0 Å². The molecule has 1 unspecified atom stereocenters. The van der Waals surface area contributed by atoms with Gasteiger partial charge < -0.3 is 0 Å². The standard InChI is InChI=1S/C42H36/c1-41(2)35-19-9-11-21-37(35)42(38-22-12-10-20-36(38)41)34-25-24-31(26-29-14-5-3-6-15-29)28-33(34)40-32(18-13-23-39(40)42)27-30-16-7-4-8-17-30/h3-16,18-25,28,30H,17,26-27H2,1-2H3. The molecule has 0 nitrogen and oxygen atoms in total. The van der Waals surface area contributed by atoms with Crippen molar-refractivity contribution in [2.24, 2.45) is 5.92 Å². The van der Waals surface area contributed by atoms with Gasteiger partial charge in [-0.2, -0.15) is 0 Å². The van der Waals surface area contributed by atoms with E-state index >= 15 is 0 Å². The fraction of sp³-hybridized carbons (Fsp3) is 0.190. The lowest BCUT2D eigenvalue weighted by Gasteiger charge is -2.46. The Bertz CT molecular complexity index is 1830. The van der Waals surface area contributed by atoms with E-state index in [-0.39, 0.29) is 10.8 Å². The fourth-order valence-electron chi connectivity index (χ4n) is 8.26. The predicted molar refractivity (Wildman–Crippen MR) is 175 cm³/mol. The van der Waals surface area contributed by atoms with Crippen LogP contribution in [0.3, 0.4) is 0 Å². The number of fused-ring (bicyclic) bond motifs is 9. The minimum absolute atomic E-state index is 0.0779. The SMILES string of the molecule is CC1(C)c2ccccc2C2(c3ccc(Cc4ccccc4)cc3-c3c(CC4C=CC=CC4)cccc32)c2ccccc21. The Morgan fingerprint density at radius 1 is 0.595 bits per heavy atom. The number of allylic oxidation sites excluding steroid dienone is 4. The van der Waals surface area contributed by atoms with Crippen molar-refractivity contribution < 1.29 is 0 Å². The van der Waals surface area contributed by atoms with E-state index in [1.54, 1.807) is 0 Å². The number of benzene rings is 5. The highest BCUT2D eigenvalue weighted by Gasteiger charge is 2.53. The molecule has 0 radical (unpaired) electrons. The van der Waals surface area contributed by atoms with E-state index in [4.69, 9.17) is 0 Å². The fourth-order valence-corrected chi connectivity index (χ4v) is 8.26. The van der Waals surface area contributed by atoms with Gasteiger partial charge in [-0.15, -0.1) is 0 Å². The highest BCUT2D eigenvalue weighted by atomic mass is 14.5. The van der Waals surface area contributed by atoms with Crippen molar-refractivity contribution in [3.05, 3.63) is 190 Å². The lowest BCUT2D eigenvalue weighted by molar-refractivity contribution is 0.563. The molecule has 42 heavy (non-hydrogen) atoms. The summed E-state index contributed by atoms with van der Waals surface area (Å²) in [5.74, 6) is 0.527. The van der Waals surface area contributed by atoms with Crippen molar-refractivity contribution in [2.45, 2.75) is 43.9 Å². The van der Waals surface area contributed by atoms with E-state index < -0.39 is 0 Å². The van der Waals surface area contributed by atoms with Crippen LogP contribution in [0.25, 0.3) is 11.1 Å². The lowest BCUT2D eigenvalue weighted by atomic mass is 9.55. The molecule has 1 atom stereocenters. The van der Waals surface area contributed by atoms with Crippen LogP contribution in [0.15, 0.2) is 140 Å². The van der Waals surface area contributed by atoms with E-state index in [1.807, 2.05) is 0 Å². The van der Waals surface area contributed by atoms with Gasteiger partial charge in [0.25, 0.3) is 0 Å². The Kier molecular flexibility index (Phi) is 5.76. The van der Waals surface area contributed by atoms with Crippen LogP contribution < -0.4 is 0 Å². The molecule has 0 saturated heterocycles. The van der Waals surface area contributed by atoms with Crippen LogP contribution in [0.2, 0.25) is 0 Å². The van der Waals surface area contributed by atoms with Crippen molar-refractivity contribution in [3.8, 4) is 11.1 Å². The van der Waals surface area contributed by atoms with Gasteiger partial charge in [0, 0.05) is 5.41 Å². The third-order valence-electron chi connectivity index (χ3n) is 10.1. The largest absolute Gasteiger partial charge is 0.0840 e. The Hall–Kier alpha value is -4.42. The smallest absolute Gasteiger partial charge is 0.0719 e. The van der Waals surface area contributed by atoms with Crippen LogP contribution in [-0.4, -0.2) is 0 Å². The summed E-state index contributed by atoms with van der Waals surface area (Å²) in [5.41, 5.74) is 15.2. The summed E-state index contributed by atoms with van der Waals surface area (Å²) >= 11 is 0. The Labute approximate surface area is 250 Å². The maximum absolute atomic E-state index is 2.51. The number of rotatable bonds is 4. The number of hydrogen-bond donors (Lipinski definition) is 0. The molecule has 0 fully saturated rings. The van der Waals surface area contributed by atoms with Crippen molar-refractivity contribution in [2.75, 3.05) is 0 Å². The van der Waals surface area contributed by atoms with Gasteiger partial charge in [0.2, 0.25) is 0 Å². The summed E-state index contributed by atoms with van der Waals surface area (Å²) in [6.07, 6.45) is 12.2. The quantitative estimate of drug-likeness (QED) is 0.209. The van der Waals surface area contributed by atoms with Gasteiger partial charge in [-0.05, 0) is 86.4 Å². The first-order valence-corrected chi connectivity index (χ1v) is 15.4. The molecular formula is C42H36. The molecule has 1 spiro atoms. The van der Waals surface area contributed by atoms with E-state index in [9.17, 15) is 0 Å². The van der Waals surface area contributed by atoms with Gasteiger partial charge in [-0.25, -0.2) is 0 Å². The molecular weight excluding hydrogens is 504 g/mol. The third-order valence-corrected chi connectivity index (χ3v) is 10.1. The first-order chi connectivity index (χ1) is 20.6. The van der Waals surface area contributed by atoms with Crippen LogP contribution in [0.5, 0.6) is 0 Å². The second kappa shape index (κ2) is 9.57. The molecule has 8 rings (SSSR count). The summed E-state index contributed by atoms with van der Waals surface area (Å²) < 4.78 is 0. The van der Waals surface area contributed by atoms with Gasteiger partial charge in [-0.1, -0.05) is 153 Å².